The number of hydrogen-bond donors (Lipinski definition) is 4. The van der Waals surface area contributed by atoms with Gasteiger partial charge in [-0.1, -0.05) is 0 Å². The highest BCUT2D eigenvalue weighted by Crippen LogP contribution is 1.96. The van der Waals surface area contributed by atoms with E-state index in [1.165, 1.54) is 17.9 Å². The fourth-order valence-electron chi connectivity index (χ4n) is 1.05. The minimum absolute atomic E-state index is 0.113. The molecule has 0 spiro atoms. The minimum Gasteiger partial charge on any atom is -0.339 e. The fraction of sp³-hybridized carbons (Fsp3) is 0.222. The quantitative estimate of drug-likeness (QED) is 0.372. The van der Waals surface area contributed by atoms with Crippen molar-refractivity contribution in [1.82, 2.24) is 15.8 Å². The zero-order valence-corrected chi connectivity index (χ0v) is 8.38. The van der Waals surface area contributed by atoms with E-state index in [1.54, 1.807) is 12.1 Å². The molecular weight excluding hydrogens is 212 g/mol. The molecule has 86 valence electrons. The van der Waals surface area contributed by atoms with Crippen LogP contribution in [0.1, 0.15) is 10.4 Å². The van der Waals surface area contributed by atoms with Crippen molar-refractivity contribution in [2.45, 2.75) is 6.04 Å². The van der Waals surface area contributed by atoms with Crippen LogP contribution < -0.4 is 16.5 Å². The number of hydrogen-bond acceptors (Lipinski definition) is 5. The number of hydroxylamine groups is 1. The molecule has 1 aromatic heterocycles. The van der Waals surface area contributed by atoms with Crippen molar-refractivity contribution >= 4 is 11.8 Å². The van der Waals surface area contributed by atoms with Gasteiger partial charge in [-0.25, -0.2) is 5.48 Å². The number of carbonyl (C=O) groups excluding carboxylic acids is 2. The van der Waals surface area contributed by atoms with E-state index >= 15 is 0 Å². The zero-order valence-electron chi connectivity index (χ0n) is 8.38. The van der Waals surface area contributed by atoms with Crippen LogP contribution in [0.15, 0.2) is 24.5 Å². The summed E-state index contributed by atoms with van der Waals surface area (Å²) in [4.78, 5) is 26.4. The first kappa shape index (κ1) is 12.1. The topological polar surface area (TPSA) is 117 Å². The van der Waals surface area contributed by atoms with Gasteiger partial charge in [-0.15, -0.1) is 0 Å². The Hall–Kier alpha value is -1.99. The van der Waals surface area contributed by atoms with E-state index in [1.807, 2.05) is 0 Å². The average Bonchev–Trinajstić information content (AvgIpc) is 2.35. The van der Waals surface area contributed by atoms with Crippen LogP contribution in [0.2, 0.25) is 0 Å². The second kappa shape index (κ2) is 5.79. The second-order valence-corrected chi connectivity index (χ2v) is 2.98. The summed E-state index contributed by atoms with van der Waals surface area (Å²) in [5.74, 6) is -1.24. The van der Waals surface area contributed by atoms with Gasteiger partial charge in [-0.3, -0.25) is 19.8 Å². The van der Waals surface area contributed by atoms with Crippen LogP contribution in [0, 0.1) is 0 Å². The maximum Gasteiger partial charge on any atom is 0.267 e. The molecule has 0 saturated heterocycles. The first-order chi connectivity index (χ1) is 7.69. The highest BCUT2D eigenvalue weighted by atomic mass is 16.5. The van der Waals surface area contributed by atoms with Gasteiger partial charge in [0.25, 0.3) is 11.8 Å². The minimum atomic E-state index is -0.974. The highest BCUT2D eigenvalue weighted by molar-refractivity contribution is 5.97. The molecule has 7 nitrogen and oxygen atoms in total. The maximum absolute atomic E-state index is 11.6. The number of amides is 2. The van der Waals surface area contributed by atoms with Crippen molar-refractivity contribution in [3.8, 4) is 0 Å². The van der Waals surface area contributed by atoms with Gasteiger partial charge in [-0.2, -0.15) is 0 Å². The van der Waals surface area contributed by atoms with Gasteiger partial charge in [0.1, 0.15) is 6.04 Å². The molecular formula is C9H12N4O3. The van der Waals surface area contributed by atoms with Crippen LogP contribution in [0.25, 0.3) is 0 Å². The van der Waals surface area contributed by atoms with Gasteiger partial charge in [0.15, 0.2) is 0 Å². The third-order valence-electron chi connectivity index (χ3n) is 1.89. The Morgan fingerprint density at radius 2 is 2.31 bits per heavy atom. The summed E-state index contributed by atoms with van der Waals surface area (Å²) in [5, 5.41) is 10.8. The number of nitrogens with two attached hydrogens (primary N) is 1. The van der Waals surface area contributed by atoms with Crippen molar-refractivity contribution < 1.29 is 14.8 Å². The van der Waals surface area contributed by atoms with E-state index in [0.29, 0.717) is 5.56 Å². The Labute approximate surface area is 91.6 Å². The maximum atomic E-state index is 11.6. The van der Waals surface area contributed by atoms with Crippen LogP contribution in [0.4, 0.5) is 0 Å². The first-order valence-corrected chi connectivity index (χ1v) is 4.54. The van der Waals surface area contributed by atoms with E-state index in [-0.39, 0.29) is 6.54 Å². The predicted molar refractivity (Wildman–Crippen MR) is 54.5 cm³/mol. The molecule has 0 aromatic carbocycles. The Morgan fingerprint density at radius 3 is 2.81 bits per heavy atom. The largest absolute Gasteiger partial charge is 0.339 e. The van der Waals surface area contributed by atoms with Gasteiger partial charge >= 0.3 is 0 Å². The summed E-state index contributed by atoms with van der Waals surface area (Å²) < 4.78 is 0. The summed E-state index contributed by atoms with van der Waals surface area (Å²) in [6.07, 6.45) is 2.89. The SMILES string of the molecule is NC[C@@H](NC(=O)c1cccnc1)C(=O)NO. The summed E-state index contributed by atoms with van der Waals surface area (Å²) in [6, 6.07) is 2.17. The van der Waals surface area contributed by atoms with Crippen molar-refractivity contribution in [3.63, 3.8) is 0 Å². The second-order valence-electron chi connectivity index (χ2n) is 2.98. The summed E-state index contributed by atoms with van der Waals surface area (Å²) in [5.41, 5.74) is 7.01. The molecule has 0 aliphatic heterocycles. The van der Waals surface area contributed by atoms with Crippen molar-refractivity contribution in [2.75, 3.05) is 6.54 Å². The number of rotatable bonds is 4. The van der Waals surface area contributed by atoms with Gasteiger partial charge < -0.3 is 11.1 Å². The molecule has 0 saturated carbocycles. The van der Waals surface area contributed by atoms with Crippen LogP contribution >= 0.6 is 0 Å². The third-order valence-corrected chi connectivity index (χ3v) is 1.89. The Morgan fingerprint density at radius 1 is 1.56 bits per heavy atom. The number of aromatic nitrogens is 1. The third kappa shape index (κ3) is 3.01. The molecule has 0 radical (unpaired) electrons. The van der Waals surface area contributed by atoms with Crippen LogP contribution in [0.5, 0.6) is 0 Å². The summed E-state index contributed by atoms with van der Waals surface area (Å²) in [6.45, 7) is -0.113. The lowest BCUT2D eigenvalue weighted by atomic mass is 10.2. The molecule has 0 fully saturated rings. The van der Waals surface area contributed by atoms with E-state index in [2.05, 4.69) is 10.3 Å². The van der Waals surface area contributed by atoms with E-state index in [4.69, 9.17) is 10.9 Å². The number of nitrogens with one attached hydrogen (secondary N) is 2. The number of pyridine rings is 1. The smallest absolute Gasteiger partial charge is 0.267 e. The molecule has 5 N–H and O–H groups in total. The van der Waals surface area contributed by atoms with Crippen molar-refractivity contribution in [1.29, 1.82) is 0 Å². The van der Waals surface area contributed by atoms with E-state index < -0.39 is 17.9 Å². The van der Waals surface area contributed by atoms with Crippen molar-refractivity contribution in [2.24, 2.45) is 5.73 Å². The van der Waals surface area contributed by atoms with Gasteiger partial charge in [0.05, 0.1) is 5.56 Å². The molecule has 0 aliphatic rings. The molecule has 1 aromatic rings. The standard InChI is InChI=1S/C9H12N4O3/c10-4-7(9(15)13-16)12-8(14)6-2-1-3-11-5-6/h1-3,5,7,16H,4,10H2,(H,12,14)(H,13,15)/t7-/m1/s1. The zero-order chi connectivity index (χ0) is 12.0. The number of carbonyl (C=O) groups is 2. The summed E-state index contributed by atoms with van der Waals surface area (Å²) in [7, 11) is 0. The lowest BCUT2D eigenvalue weighted by molar-refractivity contribution is -0.130. The molecule has 2 amide bonds. The van der Waals surface area contributed by atoms with E-state index in [0.717, 1.165) is 0 Å². The Bertz CT molecular complexity index is 368. The molecule has 1 rings (SSSR count). The van der Waals surface area contributed by atoms with Gasteiger partial charge in [0, 0.05) is 18.9 Å². The van der Waals surface area contributed by atoms with Crippen LogP contribution in [-0.2, 0) is 4.79 Å². The van der Waals surface area contributed by atoms with Crippen LogP contribution in [-0.4, -0.2) is 34.6 Å². The average molecular weight is 224 g/mol. The van der Waals surface area contributed by atoms with Gasteiger partial charge in [0.2, 0.25) is 0 Å². The van der Waals surface area contributed by atoms with Gasteiger partial charge in [-0.05, 0) is 12.1 Å². The monoisotopic (exact) mass is 224 g/mol. The molecule has 0 bridgehead atoms. The fourth-order valence-corrected chi connectivity index (χ4v) is 1.05. The molecule has 1 heterocycles. The highest BCUT2D eigenvalue weighted by Gasteiger charge is 2.19. The Balaban J connectivity index is 2.66. The normalized spacial score (nSPS) is 11.6. The first-order valence-electron chi connectivity index (χ1n) is 4.54. The predicted octanol–water partition coefficient (Wildman–Crippen LogP) is -1.36. The summed E-state index contributed by atoms with van der Waals surface area (Å²) >= 11 is 0. The molecule has 1 atom stereocenters. The molecule has 16 heavy (non-hydrogen) atoms. The molecule has 7 heteroatoms. The molecule has 0 aliphatic carbocycles. The van der Waals surface area contributed by atoms with Crippen molar-refractivity contribution in [3.05, 3.63) is 30.1 Å². The van der Waals surface area contributed by atoms with Crippen LogP contribution in [0.3, 0.4) is 0 Å². The number of nitrogens with zero attached hydrogens (tertiary/aromatic N) is 1. The van der Waals surface area contributed by atoms with E-state index in [9.17, 15) is 9.59 Å². The molecule has 0 unspecified atom stereocenters. The Kier molecular flexibility index (Phi) is 4.37. The lowest BCUT2D eigenvalue weighted by Gasteiger charge is -2.14. The lowest BCUT2D eigenvalue weighted by Crippen LogP contribution is -2.50.